The van der Waals surface area contributed by atoms with Crippen LogP contribution >= 0.6 is 0 Å². The minimum Gasteiger partial charge on any atom is -0.399 e. The highest BCUT2D eigenvalue weighted by Crippen LogP contribution is 2.36. The molecule has 6 heteroatoms. The third-order valence-electron chi connectivity index (χ3n) is 6.56. The zero-order chi connectivity index (χ0) is 19.2. The van der Waals surface area contributed by atoms with Gasteiger partial charge in [0.1, 0.15) is 0 Å². The SMILES string of the molecule is CC1(C)OB(c2ccc3c(c2)C(=O)N(CCOC2CCCC2)C3)OC1(C)C. The summed E-state index contributed by atoms with van der Waals surface area (Å²) in [5, 5.41) is 0. The van der Waals surface area contributed by atoms with E-state index < -0.39 is 7.12 Å². The third kappa shape index (κ3) is 3.55. The van der Waals surface area contributed by atoms with Gasteiger partial charge >= 0.3 is 7.12 Å². The maximum absolute atomic E-state index is 12.8. The number of benzene rings is 1. The Bertz CT molecular complexity index is 711. The Kier molecular flexibility index (Phi) is 4.85. The van der Waals surface area contributed by atoms with Crippen molar-refractivity contribution in [3.8, 4) is 0 Å². The minimum absolute atomic E-state index is 0.0818. The Morgan fingerprint density at radius 2 is 1.81 bits per heavy atom. The molecule has 0 unspecified atom stereocenters. The number of nitrogens with zero attached hydrogens (tertiary/aromatic N) is 1. The van der Waals surface area contributed by atoms with Crippen LogP contribution in [0.25, 0.3) is 0 Å². The van der Waals surface area contributed by atoms with Gasteiger partial charge in [0.2, 0.25) is 0 Å². The van der Waals surface area contributed by atoms with Gasteiger partial charge < -0.3 is 18.9 Å². The maximum atomic E-state index is 12.8. The van der Waals surface area contributed by atoms with E-state index in [2.05, 4.69) is 0 Å². The summed E-state index contributed by atoms with van der Waals surface area (Å²) < 4.78 is 18.2. The highest BCUT2D eigenvalue weighted by Gasteiger charge is 2.52. The van der Waals surface area contributed by atoms with Crippen molar-refractivity contribution in [2.75, 3.05) is 13.2 Å². The van der Waals surface area contributed by atoms with Crippen molar-refractivity contribution in [2.45, 2.75) is 77.2 Å². The lowest BCUT2D eigenvalue weighted by molar-refractivity contribution is 0.00578. The highest BCUT2D eigenvalue weighted by molar-refractivity contribution is 6.62. The van der Waals surface area contributed by atoms with Crippen molar-refractivity contribution in [2.24, 2.45) is 0 Å². The first-order chi connectivity index (χ1) is 12.8. The molecule has 3 aliphatic rings. The summed E-state index contributed by atoms with van der Waals surface area (Å²) in [6, 6.07) is 6.00. The first kappa shape index (κ1) is 19.0. The molecule has 1 aromatic carbocycles. The van der Waals surface area contributed by atoms with E-state index in [0.29, 0.717) is 25.8 Å². The molecule has 0 radical (unpaired) electrons. The summed E-state index contributed by atoms with van der Waals surface area (Å²) in [7, 11) is -0.437. The zero-order valence-corrected chi connectivity index (χ0v) is 16.9. The van der Waals surface area contributed by atoms with E-state index >= 15 is 0 Å². The second-order valence-corrected chi connectivity index (χ2v) is 9.01. The van der Waals surface area contributed by atoms with Gasteiger partial charge in [-0.25, -0.2) is 0 Å². The van der Waals surface area contributed by atoms with E-state index in [-0.39, 0.29) is 17.1 Å². The average Bonchev–Trinajstić information content (AvgIpc) is 3.27. The van der Waals surface area contributed by atoms with Crippen LogP contribution in [0.5, 0.6) is 0 Å². The Morgan fingerprint density at radius 3 is 2.48 bits per heavy atom. The number of ether oxygens (including phenoxy) is 1. The molecule has 27 heavy (non-hydrogen) atoms. The van der Waals surface area contributed by atoms with Crippen LogP contribution in [0.4, 0.5) is 0 Å². The molecule has 4 rings (SSSR count). The number of carbonyl (C=O) groups excluding carboxylic acids is 1. The molecular formula is C21H30BNO4. The van der Waals surface area contributed by atoms with Crippen LogP contribution in [0.2, 0.25) is 0 Å². The zero-order valence-electron chi connectivity index (χ0n) is 16.9. The Labute approximate surface area is 162 Å². The van der Waals surface area contributed by atoms with E-state index in [9.17, 15) is 4.79 Å². The molecule has 1 amide bonds. The molecule has 0 spiro atoms. The van der Waals surface area contributed by atoms with Crippen LogP contribution in [0.1, 0.15) is 69.3 Å². The number of fused-ring (bicyclic) bond motifs is 1. The van der Waals surface area contributed by atoms with Crippen LogP contribution in [0.15, 0.2) is 18.2 Å². The molecule has 1 aliphatic carbocycles. The van der Waals surface area contributed by atoms with Gasteiger partial charge in [0.05, 0.1) is 23.9 Å². The van der Waals surface area contributed by atoms with Crippen LogP contribution in [0, 0.1) is 0 Å². The Morgan fingerprint density at radius 1 is 1.15 bits per heavy atom. The topological polar surface area (TPSA) is 48.0 Å². The van der Waals surface area contributed by atoms with Crippen LogP contribution in [0.3, 0.4) is 0 Å². The summed E-state index contributed by atoms with van der Waals surface area (Å²) >= 11 is 0. The monoisotopic (exact) mass is 371 g/mol. The lowest BCUT2D eigenvalue weighted by Crippen LogP contribution is -2.41. The molecule has 1 aromatic rings. The smallest absolute Gasteiger partial charge is 0.399 e. The fourth-order valence-corrected chi connectivity index (χ4v) is 4.07. The quantitative estimate of drug-likeness (QED) is 0.747. The maximum Gasteiger partial charge on any atom is 0.494 e. The third-order valence-corrected chi connectivity index (χ3v) is 6.56. The molecule has 0 bridgehead atoms. The van der Waals surface area contributed by atoms with Gasteiger partial charge in [0, 0.05) is 18.7 Å². The molecule has 2 aliphatic heterocycles. The number of carbonyl (C=O) groups is 1. The fourth-order valence-electron chi connectivity index (χ4n) is 4.07. The lowest BCUT2D eigenvalue weighted by atomic mass is 9.78. The minimum atomic E-state index is -0.437. The normalized spacial score (nSPS) is 24.1. The molecule has 0 atom stereocenters. The van der Waals surface area contributed by atoms with Crippen molar-refractivity contribution in [3.63, 3.8) is 0 Å². The molecule has 5 nitrogen and oxygen atoms in total. The predicted octanol–water partition coefficient (Wildman–Crippen LogP) is 2.90. The van der Waals surface area contributed by atoms with E-state index in [1.165, 1.54) is 12.8 Å². The summed E-state index contributed by atoms with van der Waals surface area (Å²) in [5.74, 6) is 0.0818. The molecule has 1 saturated heterocycles. The van der Waals surface area contributed by atoms with E-state index in [0.717, 1.165) is 29.4 Å². The van der Waals surface area contributed by atoms with Crippen LogP contribution in [-0.2, 0) is 20.6 Å². The lowest BCUT2D eigenvalue weighted by Gasteiger charge is -2.32. The Hall–Kier alpha value is -1.37. The van der Waals surface area contributed by atoms with Crippen molar-refractivity contribution in [1.82, 2.24) is 4.90 Å². The van der Waals surface area contributed by atoms with E-state index in [4.69, 9.17) is 14.0 Å². The molecular weight excluding hydrogens is 341 g/mol. The first-order valence-corrected chi connectivity index (χ1v) is 10.2. The summed E-state index contributed by atoms with van der Waals surface area (Å²) in [4.78, 5) is 14.7. The van der Waals surface area contributed by atoms with Gasteiger partial charge in [0.15, 0.2) is 0 Å². The van der Waals surface area contributed by atoms with E-state index in [1.54, 1.807) is 0 Å². The number of amides is 1. The fraction of sp³-hybridized carbons (Fsp3) is 0.667. The van der Waals surface area contributed by atoms with Crippen molar-refractivity contribution < 1.29 is 18.8 Å². The summed E-state index contributed by atoms with van der Waals surface area (Å²) in [6.07, 6.45) is 5.23. The summed E-state index contributed by atoms with van der Waals surface area (Å²) in [6.45, 7) is 10.1. The van der Waals surface area contributed by atoms with Crippen LogP contribution < -0.4 is 5.46 Å². The standard InChI is InChI=1S/C21H30BNO4/c1-20(2)21(3,4)27-22(26-20)16-10-9-15-14-23(19(24)18(15)13-16)11-12-25-17-7-5-6-8-17/h9-10,13,17H,5-8,11-12,14H2,1-4H3. The van der Waals surface area contributed by atoms with Gasteiger partial charge in [-0.15, -0.1) is 0 Å². The largest absolute Gasteiger partial charge is 0.494 e. The molecule has 2 fully saturated rings. The highest BCUT2D eigenvalue weighted by atomic mass is 16.7. The average molecular weight is 371 g/mol. The van der Waals surface area contributed by atoms with Crippen molar-refractivity contribution in [1.29, 1.82) is 0 Å². The first-order valence-electron chi connectivity index (χ1n) is 10.2. The van der Waals surface area contributed by atoms with Crippen LogP contribution in [-0.4, -0.2) is 48.4 Å². The van der Waals surface area contributed by atoms with Gasteiger partial charge in [-0.1, -0.05) is 25.0 Å². The second-order valence-electron chi connectivity index (χ2n) is 9.01. The number of hydrogen-bond donors (Lipinski definition) is 0. The molecule has 0 N–H and O–H groups in total. The number of hydrogen-bond acceptors (Lipinski definition) is 4. The molecule has 0 aromatic heterocycles. The van der Waals surface area contributed by atoms with Gasteiger partial charge in [0.25, 0.3) is 5.91 Å². The molecule has 2 heterocycles. The summed E-state index contributed by atoms with van der Waals surface area (Å²) in [5.41, 5.74) is 1.98. The molecule has 146 valence electrons. The second kappa shape index (κ2) is 6.91. The van der Waals surface area contributed by atoms with Gasteiger partial charge in [-0.3, -0.25) is 4.79 Å². The van der Waals surface area contributed by atoms with Gasteiger partial charge in [-0.05, 0) is 57.6 Å². The molecule has 1 saturated carbocycles. The van der Waals surface area contributed by atoms with Crippen molar-refractivity contribution >= 4 is 18.5 Å². The van der Waals surface area contributed by atoms with Gasteiger partial charge in [-0.2, -0.15) is 0 Å². The Balaban J connectivity index is 1.41. The number of rotatable bonds is 5. The van der Waals surface area contributed by atoms with E-state index in [1.807, 2.05) is 50.8 Å². The predicted molar refractivity (Wildman–Crippen MR) is 105 cm³/mol. The van der Waals surface area contributed by atoms with Crippen molar-refractivity contribution in [3.05, 3.63) is 29.3 Å².